The first-order chi connectivity index (χ1) is 9.42. The molecule has 4 nitrogen and oxygen atoms in total. The summed E-state index contributed by atoms with van der Waals surface area (Å²) in [7, 11) is 0. The van der Waals surface area contributed by atoms with Gasteiger partial charge in [-0.2, -0.15) is 0 Å². The van der Waals surface area contributed by atoms with Gasteiger partial charge in [0.15, 0.2) is 0 Å². The monoisotopic (exact) mass is 294 g/mol. The summed E-state index contributed by atoms with van der Waals surface area (Å²) in [5.74, 6) is 0. The summed E-state index contributed by atoms with van der Waals surface area (Å²) < 4.78 is 0. The molecule has 1 N–H and O–H groups in total. The molecule has 0 saturated carbocycles. The summed E-state index contributed by atoms with van der Waals surface area (Å²) in [6.45, 7) is 15.8. The van der Waals surface area contributed by atoms with E-state index in [0.717, 1.165) is 6.54 Å². The molecule has 20 heavy (non-hydrogen) atoms. The van der Waals surface area contributed by atoms with Crippen molar-refractivity contribution in [3.63, 3.8) is 0 Å². The van der Waals surface area contributed by atoms with E-state index in [2.05, 4.69) is 42.8 Å². The third-order valence-electron chi connectivity index (χ3n) is 4.25. The fourth-order valence-corrected chi connectivity index (χ4v) is 4.09. The van der Waals surface area contributed by atoms with Gasteiger partial charge in [-0.3, -0.25) is 9.80 Å². The Labute approximate surface area is 126 Å². The Morgan fingerprint density at radius 2 is 1.95 bits per heavy atom. The number of nitrogens with one attached hydrogen (secondary N) is 1. The normalized spacial score (nSPS) is 29.9. The van der Waals surface area contributed by atoms with Crippen molar-refractivity contribution in [2.24, 2.45) is 0 Å². The largest absolute Gasteiger partial charge is 0.307 e. The van der Waals surface area contributed by atoms with Crippen LogP contribution in [-0.2, 0) is 6.54 Å². The molecule has 5 heteroatoms. The lowest BCUT2D eigenvalue weighted by atomic mass is 10.1. The number of aromatic nitrogens is 1. The van der Waals surface area contributed by atoms with E-state index in [1.165, 1.54) is 48.3 Å². The molecular formula is C15H26N4S. The molecule has 0 spiro atoms. The summed E-state index contributed by atoms with van der Waals surface area (Å²) in [6.07, 6.45) is 0. The van der Waals surface area contributed by atoms with E-state index in [0.29, 0.717) is 6.04 Å². The molecule has 3 aliphatic heterocycles. The van der Waals surface area contributed by atoms with Crippen molar-refractivity contribution in [2.45, 2.75) is 45.8 Å². The molecule has 3 aliphatic rings. The minimum Gasteiger partial charge on any atom is -0.307 e. The number of thiazole rings is 1. The quantitative estimate of drug-likeness (QED) is 0.924. The van der Waals surface area contributed by atoms with Crippen molar-refractivity contribution >= 4 is 11.3 Å². The number of piperazine rings is 3. The van der Waals surface area contributed by atoms with E-state index >= 15 is 0 Å². The molecule has 3 saturated heterocycles. The third-order valence-corrected chi connectivity index (χ3v) is 5.51. The topological polar surface area (TPSA) is 31.4 Å². The highest BCUT2D eigenvalue weighted by molar-refractivity contribution is 7.11. The first-order valence-corrected chi connectivity index (χ1v) is 8.42. The summed E-state index contributed by atoms with van der Waals surface area (Å²) in [6, 6.07) is 0.532. The maximum absolute atomic E-state index is 4.86. The lowest BCUT2D eigenvalue weighted by molar-refractivity contribution is 0.0122. The van der Waals surface area contributed by atoms with Crippen molar-refractivity contribution < 1.29 is 0 Å². The Balaban J connectivity index is 1.72. The highest BCUT2D eigenvalue weighted by atomic mass is 32.1. The molecule has 4 heterocycles. The number of fused-ring (bicyclic) bond motifs is 3. The Bertz CT molecular complexity index is 469. The second-order valence-electron chi connectivity index (χ2n) is 7.02. The van der Waals surface area contributed by atoms with Crippen LogP contribution in [0, 0.1) is 6.92 Å². The van der Waals surface area contributed by atoms with Gasteiger partial charge in [0.05, 0.1) is 11.7 Å². The van der Waals surface area contributed by atoms with Crippen LogP contribution in [0.15, 0.2) is 0 Å². The van der Waals surface area contributed by atoms with Crippen LogP contribution in [0.3, 0.4) is 0 Å². The Kier molecular flexibility index (Phi) is 3.88. The van der Waals surface area contributed by atoms with E-state index in [-0.39, 0.29) is 5.54 Å². The van der Waals surface area contributed by atoms with Gasteiger partial charge in [-0.05, 0) is 27.7 Å². The fourth-order valence-electron chi connectivity index (χ4n) is 2.95. The van der Waals surface area contributed by atoms with Gasteiger partial charge in [0.25, 0.3) is 0 Å². The summed E-state index contributed by atoms with van der Waals surface area (Å²) in [5, 5.41) is 4.89. The predicted molar refractivity (Wildman–Crippen MR) is 84.2 cm³/mol. The maximum Gasteiger partial charge on any atom is 0.112 e. The zero-order valence-corrected chi connectivity index (χ0v) is 13.9. The second-order valence-corrected chi connectivity index (χ2v) is 8.13. The van der Waals surface area contributed by atoms with Gasteiger partial charge >= 0.3 is 0 Å². The molecule has 0 amide bonds. The molecule has 0 radical (unpaired) electrons. The van der Waals surface area contributed by atoms with Crippen molar-refractivity contribution in [1.82, 2.24) is 20.1 Å². The number of aryl methyl sites for hydroxylation is 1. The molecule has 0 aromatic carbocycles. The first-order valence-electron chi connectivity index (χ1n) is 7.60. The van der Waals surface area contributed by atoms with Crippen molar-refractivity contribution in [3.05, 3.63) is 15.6 Å². The number of nitrogens with zero attached hydrogens (tertiary/aromatic N) is 3. The van der Waals surface area contributed by atoms with Gasteiger partial charge in [-0.15, -0.1) is 11.3 Å². The van der Waals surface area contributed by atoms with Crippen LogP contribution in [0.4, 0.5) is 0 Å². The average molecular weight is 294 g/mol. The number of hydrogen-bond acceptors (Lipinski definition) is 5. The SMILES string of the molecule is Cc1nc(C2CN3CCN2CC3)sc1CNC(C)(C)C. The van der Waals surface area contributed by atoms with Crippen LogP contribution >= 0.6 is 11.3 Å². The molecule has 1 aromatic rings. The molecule has 1 aromatic heterocycles. The van der Waals surface area contributed by atoms with Crippen LogP contribution in [0.25, 0.3) is 0 Å². The van der Waals surface area contributed by atoms with Gasteiger partial charge in [0, 0.05) is 49.7 Å². The van der Waals surface area contributed by atoms with Gasteiger partial charge < -0.3 is 5.32 Å². The third kappa shape index (κ3) is 3.06. The molecule has 112 valence electrons. The number of rotatable bonds is 3. The van der Waals surface area contributed by atoms with E-state index < -0.39 is 0 Å². The van der Waals surface area contributed by atoms with Gasteiger partial charge in [-0.25, -0.2) is 4.98 Å². The molecule has 0 aliphatic carbocycles. The van der Waals surface area contributed by atoms with E-state index in [1.54, 1.807) is 0 Å². The zero-order chi connectivity index (χ0) is 14.3. The predicted octanol–water partition coefficient (Wildman–Crippen LogP) is 2.01. The van der Waals surface area contributed by atoms with Crippen LogP contribution in [0.2, 0.25) is 0 Å². The molecule has 4 rings (SSSR count). The standard InChI is InChI=1S/C15H26N4S/c1-11-13(9-16-15(2,3)4)20-14(17-11)12-10-18-5-7-19(12)8-6-18/h12,16H,5-10H2,1-4H3. The Morgan fingerprint density at radius 1 is 1.25 bits per heavy atom. The van der Waals surface area contributed by atoms with Gasteiger partial charge in [-0.1, -0.05) is 0 Å². The summed E-state index contributed by atoms with van der Waals surface area (Å²) in [5.41, 5.74) is 1.37. The maximum atomic E-state index is 4.86. The van der Waals surface area contributed by atoms with E-state index in [1.807, 2.05) is 11.3 Å². The van der Waals surface area contributed by atoms with Crippen molar-refractivity contribution in [2.75, 3.05) is 32.7 Å². The van der Waals surface area contributed by atoms with Crippen LogP contribution in [-0.4, -0.2) is 53.0 Å². The van der Waals surface area contributed by atoms with E-state index in [9.17, 15) is 0 Å². The Hall–Kier alpha value is -0.490. The Morgan fingerprint density at radius 3 is 2.50 bits per heavy atom. The zero-order valence-electron chi connectivity index (χ0n) is 13.1. The average Bonchev–Trinajstić information content (AvgIpc) is 2.78. The van der Waals surface area contributed by atoms with Crippen molar-refractivity contribution in [3.8, 4) is 0 Å². The minimum absolute atomic E-state index is 0.162. The highest BCUT2D eigenvalue weighted by Gasteiger charge is 2.34. The van der Waals surface area contributed by atoms with Crippen LogP contribution in [0.1, 0.15) is 42.4 Å². The molecule has 1 unspecified atom stereocenters. The summed E-state index contributed by atoms with van der Waals surface area (Å²) >= 11 is 1.90. The minimum atomic E-state index is 0.162. The molecule has 3 fully saturated rings. The number of hydrogen-bond donors (Lipinski definition) is 1. The molecular weight excluding hydrogens is 268 g/mol. The fraction of sp³-hybridized carbons (Fsp3) is 0.800. The van der Waals surface area contributed by atoms with Crippen molar-refractivity contribution in [1.29, 1.82) is 0 Å². The first kappa shape index (κ1) is 14.4. The van der Waals surface area contributed by atoms with Crippen LogP contribution < -0.4 is 5.32 Å². The summed E-state index contributed by atoms with van der Waals surface area (Å²) in [4.78, 5) is 11.4. The smallest absolute Gasteiger partial charge is 0.112 e. The van der Waals surface area contributed by atoms with Gasteiger partial charge in [0.2, 0.25) is 0 Å². The van der Waals surface area contributed by atoms with Crippen LogP contribution in [0.5, 0.6) is 0 Å². The van der Waals surface area contributed by atoms with Gasteiger partial charge in [0.1, 0.15) is 5.01 Å². The highest BCUT2D eigenvalue weighted by Crippen LogP contribution is 2.32. The lowest BCUT2D eigenvalue weighted by Crippen LogP contribution is -2.56. The second kappa shape index (κ2) is 5.37. The molecule has 1 atom stereocenters. The lowest BCUT2D eigenvalue weighted by Gasteiger charge is -2.46. The van der Waals surface area contributed by atoms with E-state index in [4.69, 9.17) is 4.98 Å². The molecule has 2 bridgehead atoms.